The number of hydrogen-bond acceptors (Lipinski definition) is 7. The molecule has 2 heterocycles. The molecule has 3 N–H and O–H groups in total. The number of nitrogens with two attached hydrogens (primary N) is 1. The fourth-order valence-corrected chi connectivity index (χ4v) is 2.50. The van der Waals surface area contributed by atoms with Crippen molar-refractivity contribution in [1.29, 1.82) is 0 Å². The standard InChI is InChI=1S/C13H24N6O/c1-4-7-20-13-16-11(18-14)15-12(17-13)19-6-5-9(2)8-10(19)3/h9-10H,4-8,14H2,1-3H3,(H,15,16,17,18). The minimum absolute atomic E-state index is 0.329. The van der Waals surface area contributed by atoms with Crippen LogP contribution in [-0.4, -0.2) is 34.1 Å². The molecular weight excluding hydrogens is 256 g/mol. The molecule has 112 valence electrons. The minimum Gasteiger partial charge on any atom is -0.463 e. The highest BCUT2D eigenvalue weighted by atomic mass is 16.5. The highest BCUT2D eigenvalue weighted by molar-refractivity contribution is 5.39. The lowest BCUT2D eigenvalue weighted by Crippen LogP contribution is -2.41. The quantitative estimate of drug-likeness (QED) is 0.625. The second-order valence-corrected chi connectivity index (χ2v) is 5.41. The third kappa shape index (κ3) is 3.47. The summed E-state index contributed by atoms with van der Waals surface area (Å²) >= 11 is 0. The van der Waals surface area contributed by atoms with E-state index in [1.165, 1.54) is 0 Å². The van der Waals surface area contributed by atoms with E-state index in [2.05, 4.69) is 39.1 Å². The zero-order chi connectivity index (χ0) is 14.5. The van der Waals surface area contributed by atoms with Gasteiger partial charge in [0.2, 0.25) is 11.9 Å². The number of hydrogen-bond donors (Lipinski definition) is 2. The van der Waals surface area contributed by atoms with Crippen molar-refractivity contribution >= 4 is 11.9 Å². The van der Waals surface area contributed by atoms with E-state index in [0.29, 0.717) is 30.6 Å². The summed E-state index contributed by atoms with van der Waals surface area (Å²) in [6.07, 6.45) is 3.19. The Hall–Kier alpha value is -1.63. The molecule has 7 nitrogen and oxygen atoms in total. The molecule has 1 aromatic rings. The molecule has 0 bridgehead atoms. The van der Waals surface area contributed by atoms with Crippen LogP contribution in [0.3, 0.4) is 0 Å². The van der Waals surface area contributed by atoms with Gasteiger partial charge < -0.3 is 9.64 Å². The lowest BCUT2D eigenvalue weighted by Gasteiger charge is -2.36. The predicted molar refractivity (Wildman–Crippen MR) is 78.6 cm³/mol. The SMILES string of the molecule is CCCOc1nc(NN)nc(N2CCC(C)CC2C)n1. The molecule has 0 aliphatic carbocycles. The van der Waals surface area contributed by atoms with E-state index < -0.39 is 0 Å². The highest BCUT2D eigenvalue weighted by Crippen LogP contribution is 2.26. The molecule has 0 amide bonds. The summed E-state index contributed by atoms with van der Waals surface area (Å²) in [5.74, 6) is 7.14. The van der Waals surface area contributed by atoms with Crippen LogP contribution >= 0.6 is 0 Å². The van der Waals surface area contributed by atoms with Crippen LogP contribution < -0.4 is 20.9 Å². The van der Waals surface area contributed by atoms with E-state index in [1.54, 1.807) is 0 Å². The molecule has 1 aliphatic rings. The first-order valence-electron chi connectivity index (χ1n) is 7.26. The first-order valence-corrected chi connectivity index (χ1v) is 7.26. The van der Waals surface area contributed by atoms with Crippen molar-refractivity contribution in [2.75, 3.05) is 23.5 Å². The molecule has 2 atom stereocenters. The number of anilines is 2. The summed E-state index contributed by atoms with van der Waals surface area (Å²) in [4.78, 5) is 15.1. The van der Waals surface area contributed by atoms with Gasteiger partial charge in [0, 0.05) is 12.6 Å². The minimum atomic E-state index is 0.329. The monoisotopic (exact) mass is 280 g/mol. The molecule has 20 heavy (non-hydrogen) atoms. The maximum absolute atomic E-state index is 5.50. The largest absolute Gasteiger partial charge is 0.463 e. The van der Waals surface area contributed by atoms with Gasteiger partial charge in [-0.05, 0) is 32.1 Å². The first kappa shape index (κ1) is 14.8. The number of nitrogens with one attached hydrogen (secondary N) is 1. The van der Waals surface area contributed by atoms with Gasteiger partial charge in [0.25, 0.3) is 0 Å². The summed E-state index contributed by atoms with van der Waals surface area (Å²) in [7, 11) is 0. The fourth-order valence-electron chi connectivity index (χ4n) is 2.50. The van der Waals surface area contributed by atoms with E-state index >= 15 is 0 Å². The van der Waals surface area contributed by atoms with E-state index in [1.807, 2.05) is 6.92 Å². The molecule has 2 unspecified atom stereocenters. The third-order valence-electron chi connectivity index (χ3n) is 3.56. The van der Waals surface area contributed by atoms with Crippen LogP contribution in [0.25, 0.3) is 0 Å². The van der Waals surface area contributed by atoms with Gasteiger partial charge in [-0.25, -0.2) is 5.84 Å². The zero-order valence-corrected chi connectivity index (χ0v) is 12.5. The molecule has 1 aliphatic heterocycles. The maximum atomic E-state index is 5.50. The molecule has 1 saturated heterocycles. The smallest absolute Gasteiger partial charge is 0.323 e. The Labute approximate surface area is 119 Å². The Bertz CT molecular complexity index is 441. The summed E-state index contributed by atoms with van der Waals surface area (Å²) in [5, 5.41) is 0. The van der Waals surface area contributed by atoms with Crippen molar-refractivity contribution in [1.82, 2.24) is 15.0 Å². The zero-order valence-electron chi connectivity index (χ0n) is 12.5. The third-order valence-corrected chi connectivity index (χ3v) is 3.56. The number of hydrazine groups is 1. The average molecular weight is 280 g/mol. The number of nitrogens with zero attached hydrogens (tertiary/aromatic N) is 4. The number of rotatable bonds is 5. The number of piperidine rings is 1. The molecule has 1 fully saturated rings. The van der Waals surface area contributed by atoms with E-state index in [-0.39, 0.29) is 0 Å². The second-order valence-electron chi connectivity index (χ2n) is 5.41. The van der Waals surface area contributed by atoms with Crippen molar-refractivity contribution in [2.24, 2.45) is 11.8 Å². The van der Waals surface area contributed by atoms with Gasteiger partial charge in [0.15, 0.2) is 0 Å². The molecule has 7 heteroatoms. The van der Waals surface area contributed by atoms with Crippen LogP contribution in [0.2, 0.25) is 0 Å². The predicted octanol–water partition coefficient (Wildman–Crippen LogP) is 1.57. The van der Waals surface area contributed by atoms with Crippen LogP contribution in [0.4, 0.5) is 11.9 Å². The van der Waals surface area contributed by atoms with Gasteiger partial charge in [-0.3, -0.25) is 5.43 Å². The number of ether oxygens (including phenoxy) is 1. The van der Waals surface area contributed by atoms with Crippen LogP contribution in [0, 0.1) is 5.92 Å². The molecule has 1 aromatic heterocycles. The van der Waals surface area contributed by atoms with Gasteiger partial charge in [0.05, 0.1) is 6.61 Å². The van der Waals surface area contributed by atoms with Crippen LogP contribution in [0.5, 0.6) is 6.01 Å². The Morgan fingerprint density at radius 1 is 1.35 bits per heavy atom. The van der Waals surface area contributed by atoms with Crippen LogP contribution in [0.1, 0.15) is 40.0 Å². The summed E-state index contributed by atoms with van der Waals surface area (Å²) in [5.41, 5.74) is 2.48. The Morgan fingerprint density at radius 3 is 2.80 bits per heavy atom. The Morgan fingerprint density at radius 2 is 2.15 bits per heavy atom. The highest BCUT2D eigenvalue weighted by Gasteiger charge is 2.25. The van der Waals surface area contributed by atoms with E-state index in [0.717, 1.165) is 31.7 Å². The van der Waals surface area contributed by atoms with Gasteiger partial charge in [-0.2, -0.15) is 15.0 Å². The van der Waals surface area contributed by atoms with Crippen molar-refractivity contribution < 1.29 is 4.74 Å². The molecule has 0 radical (unpaired) electrons. The molecule has 0 aromatic carbocycles. The molecule has 0 spiro atoms. The Kier molecular flexibility index (Phi) is 4.94. The lowest BCUT2D eigenvalue weighted by molar-refractivity contribution is 0.290. The summed E-state index contributed by atoms with van der Waals surface area (Å²) in [6, 6.07) is 0.737. The van der Waals surface area contributed by atoms with Gasteiger partial charge in [-0.15, -0.1) is 0 Å². The summed E-state index contributed by atoms with van der Waals surface area (Å²) < 4.78 is 5.50. The van der Waals surface area contributed by atoms with E-state index in [4.69, 9.17) is 10.6 Å². The van der Waals surface area contributed by atoms with Crippen molar-refractivity contribution in [3.8, 4) is 6.01 Å². The Balaban J connectivity index is 2.21. The first-order chi connectivity index (χ1) is 9.63. The van der Waals surface area contributed by atoms with Gasteiger partial charge >= 0.3 is 6.01 Å². The van der Waals surface area contributed by atoms with Crippen molar-refractivity contribution in [2.45, 2.75) is 46.1 Å². The number of aromatic nitrogens is 3. The van der Waals surface area contributed by atoms with Crippen molar-refractivity contribution in [3.05, 3.63) is 0 Å². The van der Waals surface area contributed by atoms with Crippen molar-refractivity contribution in [3.63, 3.8) is 0 Å². The second kappa shape index (κ2) is 6.69. The number of nitrogen functional groups attached to an aromatic ring is 1. The topological polar surface area (TPSA) is 89.2 Å². The molecule has 2 rings (SSSR count). The van der Waals surface area contributed by atoms with Gasteiger partial charge in [0.1, 0.15) is 0 Å². The molecular formula is C13H24N6O. The fraction of sp³-hybridized carbons (Fsp3) is 0.769. The average Bonchev–Trinajstić information content (AvgIpc) is 2.44. The summed E-state index contributed by atoms with van der Waals surface area (Å²) in [6.45, 7) is 8.05. The normalized spacial score (nSPS) is 22.7. The lowest BCUT2D eigenvalue weighted by atomic mass is 9.94. The van der Waals surface area contributed by atoms with E-state index in [9.17, 15) is 0 Å². The molecule has 0 saturated carbocycles. The van der Waals surface area contributed by atoms with Gasteiger partial charge in [-0.1, -0.05) is 13.8 Å². The van der Waals surface area contributed by atoms with Crippen LogP contribution in [0.15, 0.2) is 0 Å². The maximum Gasteiger partial charge on any atom is 0.323 e. The van der Waals surface area contributed by atoms with Crippen LogP contribution in [-0.2, 0) is 0 Å².